The van der Waals surface area contributed by atoms with Gasteiger partial charge in [-0.15, -0.1) is 0 Å². The fourth-order valence-electron chi connectivity index (χ4n) is 2.63. The van der Waals surface area contributed by atoms with Crippen molar-refractivity contribution >= 4 is 23.2 Å². The highest BCUT2D eigenvalue weighted by Gasteiger charge is 2.18. The molecule has 0 aliphatic rings. The number of halogens is 1. The molecule has 0 aliphatic carbocycles. The van der Waals surface area contributed by atoms with Crippen LogP contribution in [0.5, 0.6) is 0 Å². The molecular weight excluding hydrogens is 368 g/mol. The van der Waals surface area contributed by atoms with Crippen molar-refractivity contribution < 1.29 is 14.1 Å². The van der Waals surface area contributed by atoms with Crippen molar-refractivity contribution in [3.63, 3.8) is 0 Å². The van der Waals surface area contributed by atoms with Crippen LogP contribution in [0, 0.1) is 17.0 Å². The summed E-state index contributed by atoms with van der Waals surface area (Å²) >= 11 is 6.11. The smallest absolute Gasteiger partial charge is 0.287 e. The van der Waals surface area contributed by atoms with E-state index < -0.39 is 4.92 Å². The maximum Gasteiger partial charge on any atom is 0.287 e. The highest BCUT2D eigenvalue weighted by molar-refractivity contribution is 6.33. The lowest BCUT2D eigenvalue weighted by atomic mass is 10.1. The van der Waals surface area contributed by atoms with Crippen molar-refractivity contribution in [3.8, 4) is 11.3 Å². The van der Waals surface area contributed by atoms with Gasteiger partial charge in [0.25, 0.3) is 11.6 Å². The zero-order valence-corrected chi connectivity index (χ0v) is 15.5. The summed E-state index contributed by atoms with van der Waals surface area (Å²) in [6, 6.07) is 14.9. The molecule has 3 rings (SSSR count). The fraction of sp³-hybridized carbons (Fsp3) is 0.150. The molecule has 2 aromatic carbocycles. The van der Waals surface area contributed by atoms with E-state index in [9.17, 15) is 14.9 Å². The Morgan fingerprint density at radius 3 is 2.48 bits per heavy atom. The number of benzene rings is 2. The topological polar surface area (TPSA) is 85.4 Å². The summed E-state index contributed by atoms with van der Waals surface area (Å²) in [6.07, 6.45) is 0. The van der Waals surface area contributed by atoms with Crippen molar-refractivity contribution in [2.45, 2.75) is 19.9 Å². The Morgan fingerprint density at radius 2 is 1.85 bits per heavy atom. The Morgan fingerprint density at radius 1 is 1.15 bits per heavy atom. The molecule has 1 aromatic heterocycles. The van der Waals surface area contributed by atoms with Gasteiger partial charge in [0.05, 0.1) is 16.0 Å². The van der Waals surface area contributed by atoms with E-state index in [0.717, 1.165) is 11.1 Å². The minimum absolute atomic E-state index is 0.111. The molecule has 1 unspecified atom stereocenters. The van der Waals surface area contributed by atoms with Crippen LogP contribution in [0.15, 0.2) is 59.0 Å². The lowest BCUT2D eigenvalue weighted by molar-refractivity contribution is -0.384. The van der Waals surface area contributed by atoms with E-state index in [1.165, 1.54) is 18.2 Å². The maximum atomic E-state index is 12.4. The third-order valence-electron chi connectivity index (χ3n) is 4.18. The second-order valence-electron chi connectivity index (χ2n) is 6.19. The normalized spacial score (nSPS) is 11.8. The number of nitro benzene ring substituents is 1. The molecule has 7 heteroatoms. The van der Waals surface area contributed by atoms with Gasteiger partial charge in [-0.05, 0) is 37.6 Å². The summed E-state index contributed by atoms with van der Waals surface area (Å²) in [5, 5.41) is 13.9. The van der Waals surface area contributed by atoms with E-state index in [-0.39, 0.29) is 28.4 Å². The predicted molar refractivity (Wildman–Crippen MR) is 103 cm³/mol. The van der Waals surface area contributed by atoms with Crippen LogP contribution >= 0.6 is 11.6 Å². The van der Waals surface area contributed by atoms with E-state index in [1.807, 2.05) is 38.1 Å². The molecule has 1 amide bonds. The number of nitrogens with one attached hydrogen (secondary N) is 1. The summed E-state index contributed by atoms with van der Waals surface area (Å²) in [4.78, 5) is 22.7. The number of hydrogen-bond donors (Lipinski definition) is 1. The number of carbonyl (C=O) groups excluding carboxylic acids is 1. The monoisotopic (exact) mass is 384 g/mol. The van der Waals surface area contributed by atoms with E-state index in [2.05, 4.69) is 5.32 Å². The SMILES string of the molecule is Cc1ccc(C(C)NC(=O)c2ccc(-c3ccc([N+](=O)[O-])cc3Cl)o2)cc1. The zero-order chi connectivity index (χ0) is 19.6. The number of nitrogens with zero attached hydrogens (tertiary/aromatic N) is 1. The Balaban J connectivity index is 1.76. The van der Waals surface area contributed by atoms with Gasteiger partial charge in [0, 0.05) is 17.7 Å². The summed E-state index contributed by atoms with van der Waals surface area (Å²) in [6.45, 7) is 3.89. The van der Waals surface area contributed by atoms with Crippen molar-refractivity contribution in [2.75, 3.05) is 0 Å². The summed E-state index contributed by atoms with van der Waals surface area (Å²) in [5.41, 5.74) is 2.50. The molecule has 0 spiro atoms. The van der Waals surface area contributed by atoms with Crippen LogP contribution in [0.4, 0.5) is 5.69 Å². The number of rotatable bonds is 5. The van der Waals surface area contributed by atoms with Gasteiger partial charge in [-0.3, -0.25) is 14.9 Å². The summed E-state index contributed by atoms with van der Waals surface area (Å²) in [7, 11) is 0. The van der Waals surface area contributed by atoms with Crippen LogP contribution in [0.25, 0.3) is 11.3 Å². The second-order valence-corrected chi connectivity index (χ2v) is 6.60. The summed E-state index contributed by atoms with van der Waals surface area (Å²) in [5.74, 6) is 0.147. The third-order valence-corrected chi connectivity index (χ3v) is 4.50. The van der Waals surface area contributed by atoms with Crippen LogP contribution < -0.4 is 5.32 Å². The molecular formula is C20H17ClN2O4. The second kappa shape index (κ2) is 7.63. The Hall–Kier alpha value is -3.12. The quantitative estimate of drug-likeness (QED) is 0.477. The van der Waals surface area contributed by atoms with Gasteiger partial charge >= 0.3 is 0 Å². The molecule has 0 radical (unpaired) electrons. The highest BCUT2D eigenvalue weighted by Crippen LogP contribution is 2.32. The molecule has 1 N–H and O–H groups in total. The highest BCUT2D eigenvalue weighted by atomic mass is 35.5. The van der Waals surface area contributed by atoms with Crippen LogP contribution in [-0.4, -0.2) is 10.8 Å². The minimum Gasteiger partial charge on any atom is -0.451 e. The van der Waals surface area contributed by atoms with E-state index in [1.54, 1.807) is 12.1 Å². The zero-order valence-electron chi connectivity index (χ0n) is 14.7. The predicted octanol–water partition coefficient (Wildman–Crippen LogP) is 5.31. The van der Waals surface area contributed by atoms with E-state index in [0.29, 0.717) is 11.3 Å². The molecule has 1 atom stereocenters. The van der Waals surface area contributed by atoms with Gasteiger partial charge in [0.15, 0.2) is 5.76 Å². The molecule has 0 saturated heterocycles. The molecule has 0 fully saturated rings. The first kappa shape index (κ1) is 18.7. The van der Waals surface area contributed by atoms with Gasteiger partial charge in [0.2, 0.25) is 0 Å². The molecule has 0 bridgehead atoms. The first-order chi connectivity index (χ1) is 12.8. The molecule has 6 nitrogen and oxygen atoms in total. The third kappa shape index (κ3) is 4.17. The lowest BCUT2D eigenvalue weighted by Crippen LogP contribution is -2.26. The summed E-state index contributed by atoms with van der Waals surface area (Å²) < 4.78 is 5.60. The van der Waals surface area contributed by atoms with Crippen LogP contribution in [0.3, 0.4) is 0 Å². The molecule has 1 heterocycles. The Bertz CT molecular complexity index is 995. The largest absolute Gasteiger partial charge is 0.451 e. The van der Waals surface area contributed by atoms with Crippen molar-refractivity contribution in [3.05, 3.63) is 86.6 Å². The lowest BCUT2D eigenvalue weighted by Gasteiger charge is -2.13. The maximum absolute atomic E-state index is 12.4. The van der Waals surface area contributed by atoms with Crippen molar-refractivity contribution in [1.82, 2.24) is 5.32 Å². The van der Waals surface area contributed by atoms with Gasteiger partial charge in [-0.2, -0.15) is 0 Å². The van der Waals surface area contributed by atoms with Crippen LogP contribution in [-0.2, 0) is 0 Å². The number of aryl methyl sites for hydroxylation is 1. The molecule has 0 aliphatic heterocycles. The number of hydrogen-bond acceptors (Lipinski definition) is 4. The van der Waals surface area contributed by atoms with E-state index >= 15 is 0 Å². The van der Waals surface area contributed by atoms with Crippen molar-refractivity contribution in [2.24, 2.45) is 0 Å². The first-order valence-electron chi connectivity index (χ1n) is 8.26. The number of nitro groups is 1. The average Bonchev–Trinajstić information content (AvgIpc) is 3.12. The van der Waals surface area contributed by atoms with E-state index in [4.69, 9.17) is 16.0 Å². The molecule has 27 heavy (non-hydrogen) atoms. The Labute approximate surface area is 160 Å². The van der Waals surface area contributed by atoms with Gasteiger partial charge < -0.3 is 9.73 Å². The number of furan rings is 1. The Kier molecular flexibility index (Phi) is 5.28. The number of carbonyl (C=O) groups is 1. The van der Waals surface area contributed by atoms with Gasteiger partial charge in [0.1, 0.15) is 5.76 Å². The van der Waals surface area contributed by atoms with Gasteiger partial charge in [-0.25, -0.2) is 0 Å². The molecule has 3 aromatic rings. The number of non-ortho nitro benzene ring substituents is 1. The molecule has 0 saturated carbocycles. The minimum atomic E-state index is -0.525. The number of amides is 1. The van der Waals surface area contributed by atoms with Crippen LogP contribution in [0.1, 0.15) is 34.6 Å². The average molecular weight is 385 g/mol. The van der Waals surface area contributed by atoms with Crippen molar-refractivity contribution in [1.29, 1.82) is 0 Å². The van der Waals surface area contributed by atoms with Gasteiger partial charge in [-0.1, -0.05) is 41.4 Å². The first-order valence-corrected chi connectivity index (χ1v) is 8.64. The standard InChI is InChI=1S/C20H17ClN2O4/c1-12-3-5-14(6-4-12)13(2)22-20(24)19-10-9-18(27-19)16-8-7-15(23(25)26)11-17(16)21/h3-11,13H,1-2H3,(H,22,24). The fourth-order valence-corrected chi connectivity index (χ4v) is 2.90. The van der Waals surface area contributed by atoms with Crippen LogP contribution in [0.2, 0.25) is 5.02 Å². The molecule has 138 valence electrons.